The molecule has 0 aliphatic heterocycles. The van der Waals surface area contributed by atoms with Crippen molar-refractivity contribution in [3.05, 3.63) is 39.7 Å². The van der Waals surface area contributed by atoms with E-state index >= 15 is 0 Å². The number of nitrogens with zero attached hydrogens (tertiary/aromatic N) is 1. The number of hydrogen-bond donors (Lipinski definition) is 1. The lowest BCUT2D eigenvalue weighted by Crippen LogP contribution is -2.10. The van der Waals surface area contributed by atoms with Crippen molar-refractivity contribution in [1.29, 1.82) is 0 Å². The molecule has 0 fully saturated rings. The third kappa shape index (κ3) is 3.51. The summed E-state index contributed by atoms with van der Waals surface area (Å²) < 4.78 is 13.4. The monoisotopic (exact) mass is 241 g/mol. The number of rotatable bonds is 5. The molecule has 5 nitrogen and oxygen atoms in total. The van der Waals surface area contributed by atoms with Crippen molar-refractivity contribution < 1.29 is 19.2 Å². The maximum absolute atomic E-state index is 13.4. The number of aryl methyl sites for hydroxylation is 1. The van der Waals surface area contributed by atoms with E-state index in [4.69, 9.17) is 5.11 Å². The zero-order valence-corrected chi connectivity index (χ0v) is 9.22. The second-order valence-electron chi connectivity index (χ2n) is 3.81. The Morgan fingerprint density at radius 3 is 2.71 bits per heavy atom. The molecule has 92 valence electrons. The Balaban J connectivity index is 2.73. The van der Waals surface area contributed by atoms with Crippen LogP contribution in [0.1, 0.15) is 18.9 Å². The number of nitro groups is 1. The van der Waals surface area contributed by atoms with Gasteiger partial charge >= 0.3 is 5.97 Å². The number of aliphatic carboxylic acids is 1. The molecular weight excluding hydrogens is 229 g/mol. The Morgan fingerprint density at radius 1 is 1.59 bits per heavy atom. The Hall–Kier alpha value is -1.98. The van der Waals surface area contributed by atoms with E-state index in [2.05, 4.69) is 0 Å². The lowest BCUT2D eigenvalue weighted by atomic mass is 10.0. The van der Waals surface area contributed by atoms with E-state index in [0.717, 1.165) is 6.07 Å². The summed E-state index contributed by atoms with van der Waals surface area (Å²) in [6.07, 6.45) is 0.543. The SMILES string of the molecule is CC(CCc1ccc([N+](=O)[O-])cc1F)C(=O)O. The van der Waals surface area contributed by atoms with Gasteiger partial charge in [-0.1, -0.05) is 6.92 Å². The number of carboxylic acids is 1. The van der Waals surface area contributed by atoms with E-state index in [1.807, 2.05) is 0 Å². The van der Waals surface area contributed by atoms with E-state index < -0.39 is 22.6 Å². The van der Waals surface area contributed by atoms with Gasteiger partial charge in [0.15, 0.2) is 0 Å². The predicted molar refractivity (Wildman–Crippen MR) is 58.2 cm³/mol. The molecule has 0 heterocycles. The van der Waals surface area contributed by atoms with Gasteiger partial charge in [-0.25, -0.2) is 4.39 Å². The highest BCUT2D eigenvalue weighted by atomic mass is 19.1. The van der Waals surface area contributed by atoms with Crippen LogP contribution in [0.3, 0.4) is 0 Å². The van der Waals surface area contributed by atoms with E-state index in [9.17, 15) is 19.3 Å². The fraction of sp³-hybridized carbons (Fsp3) is 0.364. The molecule has 0 radical (unpaired) electrons. The average molecular weight is 241 g/mol. The van der Waals surface area contributed by atoms with E-state index in [0.29, 0.717) is 12.0 Å². The van der Waals surface area contributed by atoms with Gasteiger partial charge in [0.05, 0.1) is 16.9 Å². The first kappa shape index (κ1) is 13.1. The van der Waals surface area contributed by atoms with Crippen LogP contribution in [0, 0.1) is 21.8 Å². The zero-order valence-electron chi connectivity index (χ0n) is 9.22. The molecule has 1 unspecified atom stereocenters. The van der Waals surface area contributed by atoms with Crippen LogP contribution in [0.15, 0.2) is 18.2 Å². The molecule has 1 aromatic rings. The summed E-state index contributed by atoms with van der Waals surface area (Å²) in [6, 6.07) is 3.38. The van der Waals surface area contributed by atoms with Gasteiger partial charge in [-0.2, -0.15) is 0 Å². The second kappa shape index (κ2) is 5.38. The molecular formula is C11H12FNO4. The van der Waals surface area contributed by atoms with Crippen molar-refractivity contribution in [2.24, 2.45) is 5.92 Å². The van der Waals surface area contributed by atoms with Gasteiger partial charge in [0, 0.05) is 6.07 Å². The third-order valence-corrected chi connectivity index (χ3v) is 2.52. The first-order chi connectivity index (χ1) is 7.91. The van der Waals surface area contributed by atoms with Crippen LogP contribution in [0.25, 0.3) is 0 Å². The number of hydrogen-bond acceptors (Lipinski definition) is 3. The van der Waals surface area contributed by atoms with Crippen molar-refractivity contribution in [3.63, 3.8) is 0 Å². The summed E-state index contributed by atoms with van der Waals surface area (Å²) in [4.78, 5) is 20.3. The van der Waals surface area contributed by atoms with Gasteiger partial charge in [0.2, 0.25) is 0 Å². The number of halogens is 1. The normalized spacial score (nSPS) is 12.1. The fourth-order valence-electron chi connectivity index (χ4n) is 1.35. The maximum Gasteiger partial charge on any atom is 0.306 e. The van der Waals surface area contributed by atoms with Crippen LogP contribution < -0.4 is 0 Å². The predicted octanol–water partition coefficient (Wildman–Crippen LogP) is 2.39. The standard InChI is InChI=1S/C11H12FNO4/c1-7(11(14)15)2-3-8-4-5-9(13(16)17)6-10(8)12/h4-7H,2-3H2,1H3,(H,14,15). The lowest BCUT2D eigenvalue weighted by molar-refractivity contribution is -0.385. The number of carboxylic acid groups (broad SMARTS) is 1. The molecule has 0 saturated carbocycles. The van der Waals surface area contributed by atoms with Crippen molar-refractivity contribution in [2.45, 2.75) is 19.8 Å². The summed E-state index contributed by atoms with van der Waals surface area (Å²) in [6.45, 7) is 1.53. The van der Waals surface area contributed by atoms with E-state index in [-0.39, 0.29) is 12.1 Å². The van der Waals surface area contributed by atoms with Gasteiger partial charge in [-0.3, -0.25) is 14.9 Å². The molecule has 6 heteroatoms. The van der Waals surface area contributed by atoms with Crippen LogP contribution in [-0.2, 0) is 11.2 Å². The Labute approximate surface area is 97.0 Å². The number of non-ortho nitro benzene ring substituents is 1. The van der Waals surface area contributed by atoms with E-state index in [1.54, 1.807) is 0 Å². The minimum atomic E-state index is -0.938. The molecule has 0 spiro atoms. The summed E-state index contributed by atoms with van der Waals surface area (Å²) in [5, 5.41) is 19.0. The summed E-state index contributed by atoms with van der Waals surface area (Å²) in [5.41, 5.74) is -0.0127. The van der Waals surface area contributed by atoms with Gasteiger partial charge in [0.1, 0.15) is 5.82 Å². The topological polar surface area (TPSA) is 80.4 Å². The largest absolute Gasteiger partial charge is 0.481 e. The molecule has 1 aromatic carbocycles. The first-order valence-corrected chi connectivity index (χ1v) is 5.07. The van der Waals surface area contributed by atoms with Crippen LogP contribution in [0.5, 0.6) is 0 Å². The van der Waals surface area contributed by atoms with Crippen molar-refractivity contribution in [2.75, 3.05) is 0 Å². The lowest BCUT2D eigenvalue weighted by Gasteiger charge is -2.06. The molecule has 1 atom stereocenters. The highest BCUT2D eigenvalue weighted by molar-refractivity contribution is 5.69. The van der Waals surface area contributed by atoms with Crippen LogP contribution in [0.2, 0.25) is 0 Å². The Kier molecular flexibility index (Phi) is 4.14. The van der Waals surface area contributed by atoms with Crippen molar-refractivity contribution in [3.8, 4) is 0 Å². The van der Waals surface area contributed by atoms with Crippen molar-refractivity contribution in [1.82, 2.24) is 0 Å². The van der Waals surface area contributed by atoms with Gasteiger partial charge in [-0.15, -0.1) is 0 Å². The summed E-state index contributed by atoms with van der Waals surface area (Å²) in [7, 11) is 0. The molecule has 0 aliphatic rings. The highest BCUT2D eigenvalue weighted by Gasteiger charge is 2.14. The zero-order chi connectivity index (χ0) is 13.0. The number of carbonyl (C=O) groups is 1. The fourth-order valence-corrected chi connectivity index (χ4v) is 1.35. The highest BCUT2D eigenvalue weighted by Crippen LogP contribution is 2.19. The van der Waals surface area contributed by atoms with Crippen molar-refractivity contribution >= 4 is 11.7 Å². The molecule has 1 rings (SSSR count). The Bertz CT molecular complexity index is 447. The van der Waals surface area contributed by atoms with E-state index in [1.165, 1.54) is 19.1 Å². The second-order valence-corrected chi connectivity index (χ2v) is 3.81. The molecule has 0 amide bonds. The first-order valence-electron chi connectivity index (χ1n) is 5.07. The van der Waals surface area contributed by atoms with Gasteiger partial charge in [-0.05, 0) is 24.5 Å². The smallest absolute Gasteiger partial charge is 0.306 e. The minimum Gasteiger partial charge on any atom is -0.481 e. The molecule has 0 aromatic heterocycles. The molecule has 0 aliphatic carbocycles. The minimum absolute atomic E-state index is 0.247. The third-order valence-electron chi connectivity index (χ3n) is 2.52. The van der Waals surface area contributed by atoms with Crippen LogP contribution >= 0.6 is 0 Å². The summed E-state index contributed by atoms with van der Waals surface area (Å²) >= 11 is 0. The Morgan fingerprint density at radius 2 is 2.24 bits per heavy atom. The maximum atomic E-state index is 13.4. The molecule has 1 N–H and O–H groups in total. The molecule has 0 bridgehead atoms. The summed E-state index contributed by atoms with van der Waals surface area (Å²) in [5.74, 6) is -2.17. The van der Waals surface area contributed by atoms with Crippen LogP contribution in [0.4, 0.5) is 10.1 Å². The quantitative estimate of drug-likeness (QED) is 0.634. The van der Waals surface area contributed by atoms with Crippen LogP contribution in [-0.4, -0.2) is 16.0 Å². The molecule has 17 heavy (non-hydrogen) atoms. The van der Waals surface area contributed by atoms with Gasteiger partial charge in [0.25, 0.3) is 5.69 Å². The molecule has 0 saturated heterocycles. The average Bonchev–Trinajstić information content (AvgIpc) is 2.26. The van der Waals surface area contributed by atoms with Gasteiger partial charge < -0.3 is 5.11 Å². The number of benzene rings is 1. The number of nitro benzene ring substituents is 1.